The van der Waals surface area contributed by atoms with E-state index < -0.39 is 17.7 Å². The number of hydrogen-bond donors (Lipinski definition) is 1. The van der Waals surface area contributed by atoms with Crippen LogP contribution < -0.4 is 10.1 Å². The fourth-order valence-electron chi connectivity index (χ4n) is 4.65. The van der Waals surface area contributed by atoms with Crippen LogP contribution in [-0.2, 0) is 16.0 Å². The molecule has 0 spiro atoms. The molecule has 8 heteroatoms. The van der Waals surface area contributed by atoms with Gasteiger partial charge < -0.3 is 14.8 Å². The number of nitrogens with zero attached hydrogens (tertiary/aromatic N) is 2. The lowest BCUT2D eigenvalue weighted by Crippen LogP contribution is -2.50. The Morgan fingerprint density at radius 3 is 2.38 bits per heavy atom. The maximum absolute atomic E-state index is 13.6. The molecule has 37 heavy (non-hydrogen) atoms. The number of fused-ring (bicyclic) bond motifs is 1. The summed E-state index contributed by atoms with van der Waals surface area (Å²) in [6, 6.07) is 11.2. The lowest BCUT2D eigenvalue weighted by molar-refractivity contribution is -0.127. The monoisotopic (exact) mass is 513 g/mol. The van der Waals surface area contributed by atoms with E-state index in [1.807, 2.05) is 6.07 Å². The van der Waals surface area contributed by atoms with Crippen LogP contribution in [0.4, 0.5) is 9.18 Å². The second-order valence-electron chi connectivity index (χ2n) is 11.0. The second kappa shape index (κ2) is 11.9. The Labute approximate surface area is 219 Å². The molecule has 1 aliphatic heterocycles. The first-order valence-corrected chi connectivity index (χ1v) is 12.9. The SMILES string of the molecule is CC(C)N(CCNC(=O)C1c2ccc(Oc3cccc(F)c3)cc2CCN1C(=O)OC(C)(C)C)C(C)C. The van der Waals surface area contributed by atoms with E-state index >= 15 is 0 Å². The van der Waals surface area contributed by atoms with Gasteiger partial charge in [-0.3, -0.25) is 14.6 Å². The summed E-state index contributed by atoms with van der Waals surface area (Å²) in [6.45, 7) is 15.4. The molecule has 1 unspecified atom stereocenters. The third-order valence-electron chi connectivity index (χ3n) is 6.25. The van der Waals surface area contributed by atoms with Crippen LogP contribution in [0.1, 0.15) is 65.6 Å². The quantitative estimate of drug-likeness (QED) is 0.491. The molecule has 7 nitrogen and oxygen atoms in total. The van der Waals surface area contributed by atoms with Crippen molar-refractivity contribution >= 4 is 12.0 Å². The molecule has 0 saturated carbocycles. The molecule has 3 rings (SSSR count). The molecule has 2 aromatic rings. The summed E-state index contributed by atoms with van der Waals surface area (Å²) in [5.74, 6) is 0.297. The van der Waals surface area contributed by atoms with Gasteiger partial charge in [0.25, 0.3) is 0 Å². The van der Waals surface area contributed by atoms with Gasteiger partial charge in [-0.2, -0.15) is 0 Å². The fourth-order valence-corrected chi connectivity index (χ4v) is 4.65. The van der Waals surface area contributed by atoms with E-state index in [2.05, 4.69) is 37.9 Å². The summed E-state index contributed by atoms with van der Waals surface area (Å²) < 4.78 is 25.1. The maximum atomic E-state index is 13.6. The molecule has 2 aromatic carbocycles. The van der Waals surface area contributed by atoms with Crippen LogP contribution in [-0.4, -0.2) is 59.1 Å². The number of halogens is 1. The van der Waals surface area contributed by atoms with E-state index in [4.69, 9.17) is 9.47 Å². The van der Waals surface area contributed by atoms with Crippen LogP contribution in [0.2, 0.25) is 0 Å². The Morgan fingerprint density at radius 1 is 1.08 bits per heavy atom. The summed E-state index contributed by atoms with van der Waals surface area (Å²) in [5.41, 5.74) is 0.946. The first kappa shape index (κ1) is 28.4. The van der Waals surface area contributed by atoms with Crippen molar-refractivity contribution in [1.82, 2.24) is 15.1 Å². The summed E-state index contributed by atoms with van der Waals surface area (Å²) in [7, 11) is 0. The van der Waals surface area contributed by atoms with Crippen molar-refractivity contribution in [3.05, 3.63) is 59.4 Å². The van der Waals surface area contributed by atoms with Crippen LogP contribution in [0, 0.1) is 5.82 Å². The highest BCUT2D eigenvalue weighted by Gasteiger charge is 2.38. The van der Waals surface area contributed by atoms with Crippen LogP contribution in [0.3, 0.4) is 0 Å². The summed E-state index contributed by atoms with van der Waals surface area (Å²) in [6.07, 6.45) is 0.0112. The predicted octanol–water partition coefficient (Wildman–Crippen LogP) is 5.69. The number of amides is 2. The Hall–Kier alpha value is -3.13. The van der Waals surface area contributed by atoms with Crippen LogP contribution in [0.15, 0.2) is 42.5 Å². The van der Waals surface area contributed by atoms with Gasteiger partial charge in [0.2, 0.25) is 5.91 Å². The van der Waals surface area contributed by atoms with Crippen molar-refractivity contribution in [2.45, 2.75) is 78.6 Å². The Balaban J connectivity index is 1.84. The van der Waals surface area contributed by atoms with E-state index in [-0.39, 0.29) is 11.7 Å². The third kappa shape index (κ3) is 7.68. The number of carbonyl (C=O) groups is 2. The molecule has 0 fully saturated rings. The molecule has 0 aliphatic carbocycles. The molecular weight excluding hydrogens is 473 g/mol. The topological polar surface area (TPSA) is 71.1 Å². The van der Waals surface area contributed by atoms with Gasteiger partial charge in [-0.25, -0.2) is 9.18 Å². The molecule has 1 heterocycles. The van der Waals surface area contributed by atoms with Gasteiger partial charge in [0.15, 0.2) is 0 Å². The van der Waals surface area contributed by atoms with Crippen molar-refractivity contribution in [3.8, 4) is 11.5 Å². The average Bonchev–Trinajstić information content (AvgIpc) is 2.79. The molecule has 0 saturated heterocycles. The summed E-state index contributed by atoms with van der Waals surface area (Å²) >= 11 is 0. The average molecular weight is 514 g/mol. The minimum atomic E-state index is -0.826. The minimum Gasteiger partial charge on any atom is -0.457 e. The highest BCUT2D eigenvalue weighted by Crippen LogP contribution is 2.35. The van der Waals surface area contributed by atoms with Crippen LogP contribution in [0.25, 0.3) is 0 Å². The minimum absolute atomic E-state index is 0.252. The van der Waals surface area contributed by atoms with Crippen molar-refractivity contribution in [2.24, 2.45) is 0 Å². The Morgan fingerprint density at radius 2 is 1.76 bits per heavy atom. The number of hydrogen-bond acceptors (Lipinski definition) is 5. The Bertz CT molecular complexity index is 1090. The summed E-state index contributed by atoms with van der Waals surface area (Å²) in [4.78, 5) is 30.4. The van der Waals surface area contributed by atoms with Crippen molar-refractivity contribution in [2.75, 3.05) is 19.6 Å². The van der Waals surface area contributed by atoms with Gasteiger partial charge in [0.1, 0.15) is 29.0 Å². The smallest absolute Gasteiger partial charge is 0.411 e. The van der Waals surface area contributed by atoms with Crippen molar-refractivity contribution < 1.29 is 23.5 Å². The van der Waals surface area contributed by atoms with Gasteiger partial charge in [-0.1, -0.05) is 12.1 Å². The maximum Gasteiger partial charge on any atom is 0.411 e. The standard InChI is InChI=1S/C29H40FN3O4/c1-19(2)32(20(3)4)16-14-31-27(34)26-25-12-11-24(36-23-10-8-9-22(30)18-23)17-21(25)13-15-33(26)28(35)37-29(5,6)7/h8-12,17-20,26H,13-16H2,1-7H3,(H,31,34). The zero-order valence-electron chi connectivity index (χ0n) is 23.0. The molecule has 1 N–H and O–H groups in total. The molecule has 0 aromatic heterocycles. The third-order valence-corrected chi connectivity index (χ3v) is 6.25. The fraction of sp³-hybridized carbons (Fsp3) is 0.517. The van der Waals surface area contributed by atoms with Gasteiger partial charge in [0.05, 0.1) is 0 Å². The molecule has 2 amide bonds. The zero-order chi connectivity index (χ0) is 27.3. The van der Waals surface area contributed by atoms with Gasteiger partial charge in [-0.05, 0) is 90.3 Å². The van der Waals surface area contributed by atoms with E-state index in [9.17, 15) is 14.0 Å². The molecular formula is C29H40FN3O4. The lowest BCUT2D eigenvalue weighted by atomic mass is 9.92. The summed E-state index contributed by atoms with van der Waals surface area (Å²) in [5, 5.41) is 3.04. The highest BCUT2D eigenvalue weighted by atomic mass is 19.1. The van der Waals surface area contributed by atoms with E-state index in [0.29, 0.717) is 49.6 Å². The number of rotatable bonds is 8. The predicted molar refractivity (Wildman–Crippen MR) is 142 cm³/mol. The zero-order valence-corrected chi connectivity index (χ0v) is 23.0. The number of carbonyl (C=O) groups excluding carboxylic acids is 2. The highest BCUT2D eigenvalue weighted by molar-refractivity contribution is 5.88. The molecule has 202 valence electrons. The van der Waals surface area contributed by atoms with Crippen LogP contribution in [0.5, 0.6) is 11.5 Å². The van der Waals surface area contributed by atoms with Crippen molar-refractivity contribution in [1.29, 1.82) is 0 Å². The largest absolute Gasteiger partial charge is 0.457 e. The number of nitrogens with one attached hydrogen (secondary N) is 1. The first-order valence-electron chi connectivity index (χ1n) is 12.9. The molecule has 0 bridgehead atoms. The molecule has 1 atom stereocenters. The van der Waals surface area contributed by atoms with Gasteiger partial charge >= 0.3 is 6.09 Å². The number of benzene rings is 2. The molecule has 1 aliphatic rings. The lowest BCUT2D eigenvalue weighted by Gasteiger charge is -2.37. The Kier molecular flexibility index (Phi) is 9.18. The van der Waals surface area contributed by atoms with E-state index in [0.717, 1.165) is 11.1 Å². The van der Waals surface area contributed by atoms with Crippen molar-refractivity contribution in [3.63, 3.8) is 0 Å². The van der Waals surface area contributed by atoms with E-state index in [1.165, 1.54) is 17.0 Å². The van der Waals surface area contributed by atoms with E-state index in [1.54, 1.807) is 45.0 Å². The first-order chi connectivity index (χ1) is 17.4. The molecule has 0 radical (unpaired) electrons. The normalized spacial score (nSPS) is 15.6. The van der Waals surface area contributed by atoms with Crippen LogP contribution >= 0.6 is 0 Å². The van der Waals surface area contributed by atoms with Gasteiger partial charge in [-0.15, -0.1) is 0 Å². The number of ether oxygens (including phenoxy) is 2. The van der Waals surface area contributed by atoms with Gasteiger partial charge in [0, 0.05) is 37.8 Å². The second-order valence-corrected chi connectivity index (χ2v) is 11.0.